The van der Waals surface area contributed by atoms with Crippen molar-refractivity contribution in [1.82, 2.24) is 9.55 Å². The van der Waals surface area contributed by atoms with Gasteiger partial charge >= 0.3 is 11.7 Å². The number of aliphatic hydroxyl groups excluding tert-OH is 1. The van der Waals surface area contributed by atoms with E-state index < -0.39 is 41.8 Å². The van der Waals surface area contributed by atoms with Crippen LogP contribution in [0.3, 0.4) is 0 Å². The number of carboxylic acids is 1. The van der Waals surface area contributed by atoms with Crippen molar-refractivity contribution in [3.05, 3.63) is 105 Å². The molecule has 2 aromatic carbocycles. The van der Waals surface area contributed by atoms with Crippen LogP contribution in [-0.4, -0.2) is 44.0 Å². The number of carbonyl (C=O) groups is 1. The van der Waals surface area contributed by atoms with Crippen LogP contribution in [0.2, 0.25) is 0 Å². The minimum absolute atomic E-state index is 0.102. The Morgan fingerprint density at radius 3 is 2.65 bits per heavy atom. The van der Waals surface area contributed by atoms with Crippen molar-refractivity contribution in [3.8, 4) is 11.1 Å². The van der Waals surface area contributed by atoms with Gasteiger partial charge < -0.3 is 19.7 Å². The van der Waals surface area contributed by atoms with E-state index >= 15 is 0 Å². The summed E-state index contributed by atoms with van der Waals surface area (Å²) in [5.74, 6) is -1.07. The first-order valence-corrected chi connectivity index (χ1v) is 10.6. The number of H-pyrrole nitrogens is 1. The molecule has 1 aromatic heterocycles. The van der Waals surface area contributed by atoms with Gasteiger partial charge in [-0.05, 0) is 35.7 Å². The number of benzene rings is 2. The molecular weight excluding hydrogens is 440 g/mol. The van der Waals surface area contributed by atoms with Gasteiger partial charge in [0.05, 0.1) is 17.9 Å². The zero-order chi connectivity index (χ0) is 24.4. The Morgan fingerprint density at radius 2 is 1.97 bits per heavy atom. The molecule has 1 saturated heterocycles. The number of hydrogen-bond donors (Lipinski definition) is 3. The lowest BCUT2D eigenvalue weighted by atomic mass is 9.92. The average Bonchev–Trinajstić information content (AvgIpc) is 3.12. The molecule has 4 atom stereocenters. The number of nitrogens with zero attached hydrogens (tertiary/aromatic N) is 1. The standard InChI is InChI=1S/C25H24N2O7/c1-3-33-21-20(28)19(34-23(21)27-13-14(2)22(29)26-25(27)32)12-17-11-16(24(30)31)9-10-18(17)15-7-5-4-6-8-15/h3-11,13,19-21,23,28H,1,12H2,2H3,(H,30,31)(H,26,29,32)/t19-,20-,21-,23-/m1/s1. The van der Waals surface area contributed by atoms with Crippen molar-refractivity contribution in [2.24, 2.45) is 0 Å². The SMILES string of the molecule is C=CO[C@@H]1[C@H](O)[C@@H](Cc2cc(C(=O)O)ccc2-c2ccccc2)O[C@H]1n1cc(C)c(=O)[nH]c1=O. The van der Waals surface area contributed by atoms with E-state index in [1.165, 1.54) is 16.8 Å². The molecule has 34 heavy (non-hydrogen) atoms. The fourth-order valence-electron chi connectivity index (χ4n) is 4.16. The van der Waals surface area contributed by atoms with Crippen molar-refractivity contribution >= 4 is 5.97 Å². The van der Waals surface area contributed by atoms with Crippen LogP contribution < -0.4 is 11.2 Å². The molecule has 0 amide bonds. The lowest BCUT2D eigenvalue weighted by Crippen LogP contribution is -2.39. The van der Waals surface area contributed by atoms with E-state index in [1.54, 1.807) is 19.1 Å². The van der Waals surface area contributed by atoms with Crippen LogP contribution in [0, 0.1) is 6.92 Å². The van der Waals surface area contributed by atoms with Gasteiger partial charge in [-0.25, -0.2) is 9.59 Å². The Bertz CT molecular complexity index is 1330. The quantitative estimate of drug-likeness (QED) is 0.457. The summed E-state index contributed by atoms with van der Waals surface area (Å²) in [5.41, 5.74) is 1.50. The first-order valence-electron chi connectivity index (χ1n) is 10.6. The van der Waals surface area contributed by atoms with E-state index in [9.17, 15) is 24.6 Å². The third kappa shape index (κ3) is 4.43. The molecule has 4 rings (SSSR count). The summed E-state index contributed by atoms with van der Waals surface area (Å²) in [6.45, 7) is 5.08. The maximum Gasteiger partial charge on any atom is 0.335 e. The molecule has 0 spiro atoms. The van der Waals surface area contributed by atoms with E-state index in [0.29, 0.717) is 11.1 Å². The fraction of sp³-hybridized carbons (Fsp3) is 0.240. The maximum absolute atomic E-state index is 12.5. The summed E-state index contributed by atoms with van der Waals surface area (Å²) >= 11 is 0. The summed E-state index contributed by atoms with van der Waals surface area (Å²) in [4.78, 5) is 38.1. The first kappa shape index (κ1) is 23.2. The molecule has 1 aliphatic heterocycles. The topological polar surface area (TPSA) is 131 Å². The van der Waals surface area contributed by atoms with Crippen molar-refractivity contribution in [2.75, 3.05) is 0 Å². The molecule has 2 heterocycles. The second-order valence-electron chi connectivity index (χ2n) is 8.05. The van der Waals surface area contributed by atoms with Crippen LogP contribution in [0.15, 0.2) is 77.2 Å². The number of aromatic carboxylic acids is 1. The van der Waals surface area contributed by atoms with Gasteiger partial charge in [0, 0.05) is 18.2 Å². The minimum atomic E-state index is -1.17. The van der Waals surface area contributed by atoms with Crippen LogP contribution in [0.5, 0.6) is 0 Å². The van der Waals surface area contributed by atoms with E-state index in [2.05, 4.69) is 11.6 Å². The van der Waals surface area contributed by atoms with Gasteiger partial charge in [0.1, 0.15) is 6.10 Å². The molecular formula is C25H24N2O7. The van der Waals surface area contributed by atoms with Gasteiger partial charge in [-0.1, -0.05) is 43.0 Å². The number of aromatic nitrogens is 2. The number of aromatic amines is 1. The number of aryl methyl sites for hydroxylation is 1. The molecule has 176 valence electrons. The predicted octanol–water partition coefficient (Wildman–Crippen LogP) is 2.24. The third-order valence-electron chi connectivity index (χ3n) is 5.84. The molecule has 3 N–H and O–H groups in total. The summed E-state index contributed by atoms with van der Waals surface area (Å²) in [5, 5.41) is 20.5. The van der Waals surface area contributed by atoms with Gasteiger partial charge in [0.2, 0.25) is 0 Å². The lowest BCUT2D eigenvalue weighted by Gasteiger charge is -2.21. The second kappa shape index (κ2) is 9.50. The van der Waals surface area contributed by atoms with Crippen molar-refractivity contribution in [2.45, 2.75) is 37.9 Å². The van der Waals surface area contributed by atoms with E-state index in [0.717, 1.165) is 17.4 Å². The normalized spacial score (nSPS) is 21.8. The first-order chi connectivity index (χ1) is 16.3. The predicted molar refractivity (Wildman–Crippen MR) is 124 cm³/mol. The molecule has 1 aliphatic rings. The third-order valence-corrected chi connectivity index (χ3v) is 5.84. The Labute approximate surface area is 194 Å². The highest BCUT2D eigenvalue weighted by Crippen LogP contribution is 2.35. The molecule has 0 radical (unpaired) electrons. The van der Waals surface area contributed by atoms with Crippen LogP contribution in [0.25, 0.3) is 11.1 Å². The molecule has 0 bridgehead atoms. The largest absolute Gasteiger partial charge is 0.491 e. The van der Waals surface area contributed by atoms with Crippen LogP contribution >= 0.6 is 0 Å². The zero-order valence-corrected chi connectivity index (χ0v) is 18.4. The Balaban J connectivity index is 1.73. The van der Waals surface area contributed by atoms with Crippen LogP contribution in [0.4, 0.5) is 0 Å². The number of hydrogen-bond acceptors (Lipinski definition) is 6. The number of aliphatic hydroxyl groups is 1. The Hall–Kier alpha value is -3.95. The van der Waals surface area contributed by atoms with E-state index in [-0.39, 0.29) is 12.0 Å². The van der Waals surface area contributed by atoms with Crippen LogP contribution in [0.1, 0.15) is 27.7 Å². The lowest BCUT2D eigenvalue weighted by molar-refractivity contribution is -0.0432. The minimum Gasteiger partial charge on any atom is -0.491 e. The van der Waals surface area contributed by atoms with Crippen molar-refractivity contribution < 1.29 is 24.5 Å². The molecule has 0 unspecified atom stereocenters. The zero-order valence-electron chi connectivity index (χ0n) is 18.4. The Morgan fingerprint density at radius 1 is 1.24 bits per heavy atom. The smallest absolute Gasteiger partial charge is 0.335 e. The van der Waals surface area contributed by atoms with E-state index in [1.807, 2.05) is 30.3 Å². The highest BCUT2D eigenvalue weighted by Gasteiger charge is 2.46. The second-order valence-corrected chi connectivity index (χ2v) is 8.05. The summed E-state index contributed by atoms with van der Waals surface area (Å²) < 4.78 is 12.7. The van der Waals surface area contributed by atoms with Crippen molar-refractivity contribution in [3.63, 3.8) is 0 Å². The maximum atomic E-state index is 12.5. The molecule has 0 saturated carbocycles. The van der Waals surface area contributed by atoms with Gasteiger partial charge in [-0.3, -0.25) is 14.3 Å². The average molecular weight is 464 g/mol. The summed E-state index contributed by atoms with van der Waals surface area (Å²) in [6, 6.07) is 14.2. The van der Waals surface area contributed by atoms with Gasteiger partial charge in [-0.15, -0.1) is 0 Å². The Kier molecular flexibility index (Phi) is 6.49. The van der Waals surface area contributed by atoms with E-state index in [4.69, 9.17) is 9.47 Å². The molecule has 1 fully saturated rings. The van der Waals surface area contributed by atoms with Gasteiger partial charge in [-0.2, -0.15) is 0 Å². The number of ether oxygens (including phenoxy) is 2. The molecule has 0 aliphatic carbocycles. The molecule has 3 aromatic rings. The van der Waals surface area contributed by atoms with Gasteiger partial charge in [0.15, 0.2) is 12.3 Å². The highest BCUT2D eigenvalue weighted by atomic mass is 16.6. The molecule has 9 nitrogen and oxygen atoms in total. The number of carboxylic acid groups (broad SMARTS) is 1. The summed E-state index contributed by atoms with van der Waals surface area (Å²) in [7, 11) is 0. The van der Waals surface area contributed by atoms with Gasteiger partial charge in [0.25, 0.3) is 5.56 Å². The number of nitrogens with one attached hydrogen (secondary N) is 1. The summed E-state index contributed by atoms with van der Waals surface area (Å²) in [6.07, 6.45) is -1.37. The monoisotopic (exact) mass is 464 g/mol. The highest BCUT2D eigenvalue weighted by molar-refractivity contribution is 5.89. The number of rotatable bonds is 7. The fourth-order valence-corrected chi connectivity index (χ4v) is 4.16. The molecule has 9 heteroatoms. The van der Waals surface area contributed by atoms with Crippen LogP contribution in [-0.2, 0) is 15.9 Å². The van der Waals surface area contributed by atoms with Crippen molar-refractivity contribution in [1.29, 1.82) is 0 Å².